The monoisotopic (exact) mass is 266 g/mol. The Morgan fingerprint density at radius 3 is 2.53 bits per heavy atom. The molecule has 0 saturated carbocycles. The highest BCUT2D eigenvalue weighted by Gasteiger charge is 2.13. The summed E-state index contributed by atoms with van der Waals surface area (Å²) in [5, 5.41) is 13.8. The number of aliphatic hydroxyl groups is 1. The standard InChI is InChI=1S/C13H18N2O4/c1-9(16)7-14-12(17)13(18)15-8-10-5-3-4-6-11(10)19-2/h3-6,9,16H,7-8H2,1-2H3,(H,14,17)(H,15,18)/t9-/m0/s1. The van der Waals surface area contributed by atoms with Crippen LogP contribution in [0.5, 0.6) is 5.75 Å². The zero-order chi connectivity index (χ0) is 14.3. The number of benzene rings is 1. The molecule has 6 nitrogen and oxygen atoms in total. The summed E-state index contributed by atoms with van der Waals surface area (Å²) in [5.41, 5.74) is 0.779. The SMILES string of the molecule is COc1ccccc1CNC(=O)C(=O)NC[C@H](C)O. The van der Waals surface area contributed by atoms with Crippen LogP contribution in [0, 0.1) is 0 Å². The molecular formula is C13H18N2O4. The van der Waals surface area contributed by atoms with Gasteiger partial charge in [0.2, 0.25) is 0 Å². The molecule has 1 aromatic rings. The second-order valence-electron chi connectivity index (χ2n) is 4.05. The molecule has 6 heteroatoms. The number of ether oxygens (including phenoxy) is 1. The summed E-state index contributed by atoms with van der Waals surface area (Å²) in [6.45, 7) is 1.76. The van der Waals surface area contributed by atoms with E-state index < -0.39 is 17.9 Å². The zero-order valence-corrected chi connectivity index (χ0v) is 11.0. The van der Waals surface area contributed by atoms with E-state index in [1.807, 2.05) is 12.1 Å². The Morgan fingerprint density at radius 2 is 1.89 bits per heavy atom. The van der Waals surface area contributed by atoms with Crippen LogP contribution in [0.3, 0.4) is 0 Å². The maximum atomic E-state index is 11.5. The van der Waals surface area contributed by atoms with Gasteiger partial charge in [0.15, 0.2) is 0 Å². The van der Waals surface area contributed by atoms with Crippen LogP contribution >= 0.6 is 0 Å². The number of hydrogen-bond acceptors (Lipinski definition) is 4. The minimum Gasteiger partial charge on any atom is -0.496 e. The molecule has 1 atom stereocenters. The van der Waals surface area contributed by atoms with Crippen molar-refractivity contribution in [2.24, 2.45) is 0 Å². The summed E-state index contributed by atoms with van der Waals surface area (Å²) < 4.78 is 5.13. The van der Waals surface area contributed by atoms with E-state index in [0.717, 1.165) is 5.56 Å². The number of methoxy groups -OCH3 is 1. The number of hydrogen-bond donors (Lipinski definition) is 3. The molecule has 0 heterocycles. The second-order valence-corrected chi connectivity index (χ2v) is 4.05. The van der Waals surface area contributed by atoms with Crippen LogP contribution in [0.2, 0.25) is 0 Å². The third-order valence-electron chi connectivity index (χ3n) is 2.40. The Bertz CT molecular complexity index is 446. The number of rotatable bonds is 5. The minimum absolute atomic E-state index is 0.0426. The van der Waals surface area contributed by atoms with E-state index in [2.05, 4.69) is 10.6 Å². The average molecular weight is 266 g/mol. The highest BCUT2D eigenvalue weighted by atomic mass is 16.5. The van der Waals surface area contributed by atoms with Gasteiger partial charge in [-0.3, -0.25) is 9.59 Å². The van der Waals surface area contributed by atoms with Crippen LogP contribution in [-0.4, -0.2) is 36.7 Å². The van der Waals surface area contributed by atoms with Gasteiger partial charge in [-0.2, -0.15) is 0 Å². The largest absolute Gasteiger partial charge is 0.496 e. The van der Waals surface area contributed by atoms with E-state index in [-0.39, 0.29) is 13.1 Å². The molecule has 0 aliphatic rings. The lowest BCUT2D eigenvalue weighted by Gasteiger charge is -2.10. The van der Waals surface area contributed by atoms with E-state index in [1.165, 1.54) is 14.0 Å². The van der Waals surface area contributed by atoms with Gasteiger partial charge in [0.25, 0.3) is 0 Å². The fraction of sp³-hybridized carbons (Fsp3) is 0.385. The zero-order valence-electron chi connectivity index (χ0n) is 11.0. The molecule has 0 radical (unpaired) electrons. The number of para-hydroxylation sites is 1. The Balaban J connectivity index is 2.47. The molecule has 0 fully saturated rings. The van der Waals surface area contributed by atoms with Crippen molar-refractivity contribution in [3.8, 4) is 5.75 Å². The molecule has 0 aliphatic carbocycles. The van der Waals surface area contributed by atoms with E-state index >= 15 is 0 Å². The van der Waals surface area contributed by atoms with Crippen molar-refractivity contribution in [2.75, 3.05) is 13.7 Å². The van der Waals surface area contributed by atoms with Crippen molar-refractivity contribution in [1.82, 2.24) is 10.6 Å². The van der Waals surface area contributed by atoms with Gasteiger partial charge in [-0.25, -0.2) is 0 Å². The third-order valence-corrected chi connectivity index (χ3v) is 2.40. The van der Waals surface area contributed by atoms with E-state index in [4.69, 9.17) is 9.84 Å². The fourth-order valence-corrected chi connectivity index (χ4v) is 1.43. The van der Waals surface area contributed by atoms with Gasteiger partial charge in [0, 0.05) is 18.7 Å². The predicted molar refractivity (Wildman–Crippen MR) is 69.5 cm³/mol. The van der Waals surface area contributed by atoms with Crippen molar-refractivity contribution in [3.63, 3.8) is 0 Å². The quantitative estimate of drug-likeness (QED) is 0.645. The lowest BCUT2D eigenvalue weighted by molar-refractivity contribution is -0.139. The molecule has 3 N–H and O–H groups in total. The molecule has 0 aromatic heterocycles. The van der Waals surface area contributed by atoms with Gasteiger partial charge in [-0.05, 0) is 13.0 Å². The van der Waals surface area contributed by atoms with Gasteiger partial charge < -0.3 is 20.5 Å². The second kappa shape index (κ2) is 7.38. The van der Waals surface area contributed by atoms with Crippen LogP contribution in [0.4, 0.5) is 0 Å². The topological polar surface area (TPSA) is 87.7 Å². The van der Waals surface area contributed by atoms with Gasteiger partial charge in [0.05, 0.1) is 13.2 Å². The third kappa shape index (κ3) is 4.97. The molecule has 0 unspecified atom stereocenters. The summed E-state index contributed by atoms with van der Waals surface area (Å²) in [6, 6.07) is 7.21. The van der Waals surface area contributed by atoms with Crippen molar-refractivity contribution in [2.45, 2.75) is 19.6 Å². The molecular weight excluding hydrogens is 248 g/mol. The molecule has 0 aliphatic heterocycles. The normalized spacial score (nSPS) is 11.5. The smallest absolute Gasteiger partial charge is 0.309 e. The van der Waals surface area contributed by atoms with Crippen molar-refractivity contribution in [1.29, 1.82) is 0 Å². The lowest BCUT2D eigenvalue weighted by Crippen LogP contribution is -2.42. The first kappa shape index (κ1) is 15.0. The fourth-order valence-electron chi connectivity index (χ4n) is 1.43. The Hall–Kier alpha value is -2.08. The molecule has 0 bridgehead atoms. The predicted octanol–water partition coefficient (Wildman–Crippen LogP) is -0.192. The van der Waals surface area contributed by atoms with Crippen LogP contribution < -0.4 is 15.4 Å². The van der Waals surface area contributed by atoms with Crippen LogP contribution in [-0.2, 0) is 16.1 Å². The summed E-state index contributed by atoms with van der Waals surface area (Å²) in [5.74, 6) is -0.866. The Kier molecular flexibility index (Phi) is 5.81. The van der Waals surface area contributed by atoms with E-state index in [1.54, 1.807) is 12.1 Å². The number of carbonyl (C=O) groups excluding carboxylic acids is 2. The van der Waals surface area contributed by atoms with Crippen LogP contribution in [0.1, 0.15) is 12.5 Å². The first-order valence-electron chi connectivity index (χ1n) is 5.90. The molecule has 1 aromatic carbocycles. The molecule has 104 valence electrons. The van der Waals surface area contributed by atoms with Crippen molar-refractivity contribution >= 4 is 11.8 Å². The molecule has 19 heavy (non-hydrogen) atoms. The van der Waals surface area contributed by atoms with Crippen molar-refractivity contribution < 1.29 is 19.4 Å². The Morgan fingerprint density at radius 1 is 1.26 bits per heavy atom. The lowest BCUT2D eigenvalue weighted by atomic mass is 10.2. The van der Waals surface area contributed by atoms with E-state index in [9.17, 15) is 9.59 Å². The highest BCUT2D eigenvalue weighted by molar-refractivity contribution is 6.35. The maximum absolute atomic E-state index is 11.5. The highest BCUT2D eigenvalue weighted by Crippen LogP contribution is 2.16. The number of nitrogens with one attached hydrogen (secondary N) is 2. The molecule has 1 rings (SSSR count). The van der Waals surface area contributed by atoms with Crippen LogP contribution in [0.25, 0.3) is 0 Å². The number of carbonyl (C=O) groups is 2. The van der Waals surface area contributed by atoms with Crippen molar-refractivity contribution in [3.05, 3.63) is 29.8 Å². The summed E-state index contributed by atoms with van der Waals surface area (Å²) >= 11 is 0. The average Bonchev–Trinajstić information content (AvgIpc) is 2.42. The van der Waals surface area contributed by atoms with Gasteiger partial charge in [-0.15, -0.1) is 0 Å². The summed E-state index contributed by atoms with van der Waals surface area (Å²) in [6.07, 6.45) is -0.689. The number of amides is 2. The molecule has 0 spiro atoms. The molecule has 0 saturated heterocycles. The van der Waals surface area contributed by atoms with E-state index in [0.29, 0.717) is 5.75 Å². The van der Waals surface area contributed by atoms with Gasteiger partial charge >= 0.3 is 11.8 Å². The Labute approximate surface area is 111 Å². The minimum atomic E-state index is -0.768. The van der Waals surface area contributed by atoms with Gasteiger partial charge in [0.1, 0.15) is 5.75 Å². The summed E-state index contributed by atoms with van der Waals surface area (Å²) in [4.78, 5) is 22.8. The molecule has 2 amide bonds. The first-order chi connectivity index (χ1) is 9.04. The number of aliphatic hydroxyl groups excluding tert-OH is 1. The maximum Gasteiger partial charge on any atom is 0.309 e. The van der Waals surface area contributed by atoms with Gasteiger partial charge in [-0.1, -0.05) is 18.2 Å². The first-order valence-corrected chi connectivity index (χ1v) is 5.90. The summed E-state index contributed by atoms with van der Waals surface area (Å²) in [7, 11) is 1.54. The van der Waals surface area contributed by atoms with Crippen LogP contribution in [0.15, 0.2) is 24.3 Å².